The number of nitrogens with one attached hydrogen (secondary N) is 1. The zero-order valence-electron chi connectivity index (χ0n) is 16.3. The average molecular weight is 371 g/mol. The molecule has 1 aliphatic heterocycles. The molecular formula is C24H25N3O. The molecule has 0 saturated carbocycles. The molecule has 0 fully saturated rings. The van der Waals surface area contributed by atoms with E-state index in [9.17, 15) is 4.79 Å². The van der Waals surface area contributed by atoms with Crippen LogP contribution in [0.5, 0.6) is 0 Å². The van der Waals surface area contributed by atoms with Gasteiger partial charge in [-0.15, -0.1) is 0 Å². The van der Waals surface area contributed by atoms with E-state index in [4.69, 9.17) is 5.10 Å². The van der Waals surface area contributed by atoms with Crippen LogP contribution in [-0.2, 0) is 4.79 Å². The van der Waals surface area contributed by atoms with Gasteiger partial charge in [-0.2, -0.15) is 5.10 Å². The average Bonchev–Trinajstić information content (AvgIpc) is 3.18. The van der Waals surface area contributed by atoms with Crippen LogP contribution in [-0.4, -0.2) is 29.2 Å². The number of nitrogens with zero attached hydrogens (tertiary/aromatic N) is 2. The van der Waals surface area contributed by atoms with Crippen molar-refractivity contribution in [2.75, 3.05) is 6.54 Å². The maximum Gasteiger partial charge on any atom is 0.257 e. The van der Waals surface area contributed by atoms with E-state index in [0.29, 0.717) is 0 Å². The maximum atomic E-state index is 12.9. The lowest BCUT2D eigenvalue weighted by Gasteiger charge is -2.22. The SMILES string of the molecule is CC(C)NCC(=O)N1N=C(c2ccc3ccccc3c2)C[C@@H]1c1ccccc1. The summed E-state index contributed by atoms with van der Waals surface area (Å²) in [6.07, 6.45) is 0.718. The second-order valence-electron chi connectivity index (χ2n) is 7.51. The van der Waals surface area contributed by atoms with E-state index < -0.39 is 0 Å². The van der Waals surface area contributed by atoms with Gasteiger partial charge in [-0.3, -0.25) is 4.79 Å². The molecule has 4 rings (SSSR count). The summed E-state index contributed by atoms with van der Waals surface area (Å²) in [6.45, 7) is 4.36. The van der Waals surface area contributed by atoms with Crippen molar-refractivity contribution in [2.45, 2.75) is 32.4 Å². The minimum Gasteiger partial charge on any atom is -0.306 e. The summed E-state index contributed by atoms with van der Waals surface area (Å²) >= 11 is 0. The molecule has 1 heterocycles. The van der Waals surface area contributed by atoms with Gasteiger partial charge < -0.3 is 5.32 Å². The highest BCUT2D eigenvalue weighted by Crippen LogP contribution is 2.33. The second-order valence-corrected chi connectivity index (χ2v) is 7.51. The molecule has 0 radical (unpaired) electrons. The lowest BCUT2D eigenvalue weighted by molar-refractivity contribution is -0.132. The van der Waals surface area contributed by atoms with Crippen LogP contribution in [0.25, 0.3) is 10.8 Å². The Bertz CT molecular complexity index is 1010. The van der Waals surface area contributed by atoms with Crippen molar-refractivity contribution < 1.29 is 4.79 Å². The molecule has 0 saturated heterocycles. The van der Waals surface area contributed by atoms with Gasteiger partial charge in [-0.25, -0.2) is 5.01 Å². The monoisotopic (exact) mass is 371 g/mol. The molecule has 4 heteroatoms. The number of carbonyl (C=O) groups is 1. The normalized spacial score (nSPS) is 16.6. The molecule has 0 aromatic heterocycles. The first-order chi connectivity index (χ1) is 13.6. The first kappa shape index (κ1) is 18.4. The Morgan fingerprint density at radius 2 is 1.75 bits per heavy atom. The summed E-state index contributed by atoms with van der Waals surface area (Å²) < 4.78 is 0. The van der Waals surface area contributed by atoms with Crippen molar-refractivity contribution >= 4 is 22.4 Å². The minimum atomic E-state index is -0.0656. The number of hydrogen-bond donors (Lipinski definition) is 1. The van der Waals surface area contributed by atoms with Gasteiger partial charge in [0.15, 0.2) is 0 Å². The molecule has 1 N–H and O–H groups in total. The Morgan fingerprint density at radius 1 is 1.04 bits per heavy atom. The smallest absolute Gasteiger partial charge is 0.257 e. The van der Waals surface area contributed by atoms with E-state index in [0.717, 1.165) is 23.3 Å². The topological polar surface area (TPSA) is 44.7 Å². The van der Waals surface area contributed by atoms with Crippen molar-refractivity contribution in [2.24, 2.45) is 5.10 Å². The third-order valence-electron chi connectivity index (χ3n) is 5.09. The Morgan fingerprint density at radius 3 is 2.50 bits per heavy atom. The van der Waals surface area contributed by atoms with Crippen LogP contribution >= 0.6 is 0 Å². The zero-order valence-corrected chi connectivity index (χ0v) is 16.3. The van der Waals surface area contributed by atoms with Gasteiger partial charge in [0, 0.05) is 12.5 Å². The molecule has 1 aliphatic rings. The van der Waals surface area contributed by atoms with Gasteiger partial charge in [0.05, 0.1) is 18.3 Å². The van der Waals surface area contributed by atoms with Gasteiger partial charge in [0.2, 0.25) is 0 Å². The Hall–Kier alpha value is -2.98. The van der Waals surface area contributed by atoms with Crippen LogP contribution in [0.1, 0.15) is 37.4 Å². The summed E-state index contributed by atoms with van der Waals surface area (Å²) in [5, 5.41) is 12.0. The molecule has 1 amide bonds. The molecule has 0 spiro atoms. The molecule has 0 unspecified atom stereocenters. The summed E-state index contributed by atoms with van der Waals surface area (Å²) in [5.41, 5.74) is 3.14. The van der Waals surface area contributed by atoms with Crippen molar-refractivity contribution in [3.05, 3.63) is 83.9 Å². The fourth-order valence-corrected chi connectivity index (χ4v) is 3.59. The molecule has 0 bridgehead atoms. The highest BCUT2D eigenvalue weighted by molar-refractivity contribution is 6.05. The van der Waals surface area contributed by atoms with E-state index in [-0.39, 0.29) is 24.5 Å². The van der Waals surface area contributed by atoms with E-state index in [2.05, 4.69) is 47.8 Å². The first-order valence-electron chi connectivity index (χ1n) is 9.79. The molecule has 142 valence electrons. The Labute approximate surface area is 165 Å². The predicted octanol–water partition coefficient (Wildman–Crippen LogP) is 4.52. The Balaban J connectivity index is 1.66. The van der Waals surface area contributed by atoms with Gasteiger partial charge >= 0.3 is 0 Å². The number of benzene rings is 3. The quantitative estimate of drug-likeness (QED) is 0.717. The lowest BCUT2D eigenvalue weighted by Crippen LogP contribution is -2.37. The maximum absolute atomic E-state index is 12.9. The van der Waals surface area contributed by atoms with E-state index in [1.54, 1.807) is 5.01 Å². The van der Waals surface area contributed by atoms with Crippen LogP contribution in [0.4, 0.5) is 0 Å². The van der Waals surface area contributed by atoms with E-state index >= 15 is 0 Å². The largest absolute Gasteiger partial charge is 0.306 e. The van der Waals surface area contributed by atoms with Crippen LogP contribution in [0.3, 0.4) is 0 Å². The molecule has 1 atom stereocenters. The van der Waals surface area contributed by atoms with Crippen LogP contribution in [0, 0.1) is 0 Å². The van der Waals surface area contributed by atoms with Crippen molar-refractivity contribution in [1.82, 2.24) is 10.3 Å². The highest BCUT2D eigenvalue weighted by atomic mass is 16.2. The number of rotatable bonds is 5. The molecule has 3 aromatic carbocycles. The van der Waals surface area contributed by atoms with E-state index in [1.807, 2.05) is 44.2 Å². The van der Waals surface area contributed by atoms with Crippen LogP contribution < -0.4 is 5.32 Å². The molecule has 4 nitrogen and oxygen atoms in total. The van der Waals surface area contributed by atoms with E-state index in [1.165, 1.54) is 10.8 Å². The lowest BCUT2D eigenvalue weighted by atomic mass is 9.97. The number of amides is 1. The van der Waals surface area contributed by atoms with Crippen LogP contribution in [0.2, 0.25) is 0 Å². The predicted molar refractivity (Wildman–Crippen MR) is 114 cm³/mol. The second kappa shape index (κ2) is 7.95. The number of fused-ring (bicyclic) bond motifs is 1. The Kier molecular flexibility index (Phi) is 5.22. The van der Waals surface area contributed by atoms with Gasteiger partial charge in [-0.1, -0.05) is 80.6 Å². The number of hydrogen-bond acceptors (Lipinski definition) is 3. The molecule has 0 aliphatic carbocycles. The van der Waals surface area contributed by atoms with Crippen LogP contribution in [0.15, 0.2) is 77.9 Å². The summed E-state index contributed by atoms with van der Waals surface area (Å²) in [5.74, 6) is -0.00153. The third-order valence-corrected chi connectivity index (χ3v) is 5.09. The summed E-state index contributed by atoms with van der Waals surface area (Å²) in [7, 11) is 0. The fourth-order valence-electron chi connectivity index (χ4n) is 3.59. The molecule has 3 aromatic rings. The highest BCUT2D eigenvalue weighted by Gasteiger charge is 2.32. The van der Waals surface area contributed by atoms with Gasteiger partial charge in [0.1, 0.15) is 0 Å². The van der Waals surface area contributed by atoms with Crippen molar-refractivity contribution in [1.29, 1.82) is 0 Å². The van der Waals surface area contributed by atoms with Crippen molar-refractivity contribution in [3.63, 3.8) is 0 Å². The number of carbonyl (C=O) groups excluding carboxylic acids is 1. The third kappa shape index (κ3) is 3.82. The van der Waals surface area contributed by atoms with Crippen molar-refractivity contribution in [3.8, 4) is 0 Å². The summed E-state index contributed by atoms with van der Waals surface area (Å²) in [6, 6.07) is 25.0. The molecule has 28 heavy (non-hydrogen) atoms. The first-order valence-corrected chi connectivity index (χ1v) is 9.79. The van der Waals surface area contributed by atoms with Gasteiger partial charge in [0.25, 0.3) is 5.91 Å². The fraction of sp³-hybridized carbons (Fsp3) is 0.250. The number of hydrazone groups is 1. The minimum absolute atomic E-state index is 0.00153. The standard InChI is InChI=1S/C24H25N3O/c1-17(2)25-16-24(28)27-23(19-9-4-3-5-10-19)15-22(26-27)21-13-12-18-8-6-7-11-20(18)14-21/h3-14,17,23,25H,15-16H2,1-2H3/t23-/m1/s1. The van der Waals surface area contributed by atoms with Gasteiger partial charge in [-0.05, 0) is 28.0 Å². The molecular weight excluding hydrogens is 346 g/mol. The zero-order chi connectivity index (χ0) is 19.5. The summed E-state index contributed by atoms with van der Waals surface area (Å²) in [4.78, 5) is 12.9.